The fraction of sp³-hybridized carbons (Fsp3) is 0.231. The van der Waals surface area contributed by atoms with E-state index in [-0.39, 0.29) is 24.3 Å². The molecule has 1 fully saturated rings. The van der Waals surface area contributed by atoms with Crippen LogP contribution in [0.4, 0.5) is 23.7 Å². The number of nitrogens with zero attached hydrogens (tertiary/aromatic N) is 3. The number of anilines is 1. The third kappa shape index (κ3) is 5.47. The van der Waals surface area contributed by atoms with E-state index in [9.17, 15) is 36.0 Å². The Morgan fingerprint density at radius 1 is 1.05 bits per heavy atom. The molecule has 0 bridgehead atoms. The first-order valence-electron chi connectivity index (χ1n) is 11.7. The molecule has 1 aliphatic heterocycles. The van der Waals surface area contributed by atoms with Crippen LogP contribution in [0.3, 0.4) is 0 Å². The van der Waals surface area contributed by atoms with E-state index in [0.29, 0.717) is 23.4 Å². The second-order valence-corrected chi connectivity index (χ2v) is 10.7. The largest absolute Gasteiger partial charge is 0.501 e. The summed E-state index contributed by atoms with van der Waals surface area (Å²) >= 11 is 0. The van der Waals surface area contributed by atoms with Gasteiger partial charge in [0.2, 0.25) is 0 Å². The number of carbonyl (C=O) groups is 3. The Balaban J connectivity index is 1.51. The molecule has 4 amide bonds. The predicted molar refractivity (Wildman–Crippen MR) is 136 cm³/mol. The van der Waals surface area contributed by atoms with E-state index < -0.39 is 44.1 Å². The van der Waals surface area contributed by atoms with Crippen molar-refractivity contribution in [3.63, 3.8) is 0 Å². The number of sulfone groups is 1. The number of rotatable bonds is 8. The van der Waals surface area contributed by atoms with Crippen LogP contribution >= 0.6 is 0 Å². The van der Waals surface area contributed by atoms with Gasteiger partial charge >= 0.3 is 11.5 Å². The SMILES string of the molecule is COc1ccc(CNC(=O)c2cnccc2CN2C(=O)N(c3ccc(S(=O)(=O)C(F)(F)F)cc3)C(=O)C2C)cc1. The maximum atomic E-state index is 13.2. The summed E-state index contributed by atoms with van der Waals surface area (Å²) in [5.74, 6) is -0.459. The van der Waals surface area contributed by atoms with Crippen LogP contribution in [-0.4, -0.2) is 54.8 Å². The van der Waals surface area contributed by atoms with Gasteiger partial charge in [0, 0.05) is 25.5 Å². The van der Waals surface area contributed by atoms with Gasteiger partial charge in [-0.1, -0.05) is 12.1 Å². The molecule has 3 aromatic rings. The molecular formula is C26H23F3N4O6S. The van der Waals surface area contributed by atoms with Gasteiger partial charge in [-0.05, 0) is 60.5 Å². The van der Waals surface area contributed by atoms with Crippen LogP contribution < -0.4 is 15.0 Å². The quantitative estimate of drug-likeness (QED) is 0.406. The summed E-state index contributed by atoms with van der Waals surface area (Å²) in [6.45, 7) is 1.53. The van der Waals surface area contributed by atoms with Gasteiger partial charge in [-0.25, -0.2) is 18.1 Å². The zero-order valence-corrected chi connectivity index (χ0v) is 22.0. The van der Waals surface area contributed by atoms with Crippen LogP contribution in [0, 0.1) is 0 Å². The molecule has 210 valence electrons. The highest BCUT2D eigenvalue weighted by Gasteiger charge is 2.47. The van der Waals surface area contributed by atoms with E-state index in [1.165, 1.54) is 30.3 Å². The van der Waals surface area contributed by atoms with Gasteiger partial charge in [-0.15, -0.1) is 0 Å². The molecule has 4 rings (SSSR count). The number of alkyl halides is 3. The Kier molecular flexibility index (Phi) is 7.82. The van der Waals surface area contributed by atoms with Crippen LogP contribution in [0.15, 0.2) is 71.9 Å². The van der Waals surface area contributed by atoms with E-state index in [2.05, 4.69) is 10.3 Å². The van der Waals surface area contributed by atoms with Crippen molar-refractivity contribution in [2.45, 2.75) is 36.5 Å². The van der Waals surface area contributed by atoms with E-state index in [0.717, 1.165) is 22.6 Å². The fourth-order valence-electron chi connectivity index (χ4n) is 4.03. The van der Waals surface area contributed by atoms with Crippen LogP contribution in [0.5, 0.6) is 5.75 Å². The zero-order valence-electron chi connectivity index (χ0n) is 21.2. The van der Waals surface area contributed by atoms with Gasteiger partial charge in [0.15, 0.2) is 0 Å². The Hall–Kier alpha value is -4.46. The molecule has 1 saturated heterocycles. The molecule has 0 saturated carbocycles. The van der Waals surface area contributed by atoms with Gasteiger partial charge in [-0.3, -0.25) is 14.6 Å². The second-order valence-electron chi connectivity index (χ2n) is 8.77. The monoisotopic (exact) mass is 576 g/mol. The summed E-state index contributed by atoms with van der Waals surface area (Å²) in [5, 5.41) is 2.78. The fourth-order valence-corrected chi connectivity index (χ4v) is 4.79. The lowest BCUT2D eigenvalue weighted by atomic mass is 10.1. The standard InChI is InChI=1S/C26H23F3N4O6S/c1-16-24(35)33(19-5-9-21(10-6-19)40(37,38)26(27,28)29)25(36)32(16)15-18-11-12-30-14-22(18)23(34)31-13-17-3-7-20(39-2)8-4-17/h3-12,14,16H,13,15H2,1-2H3,(H,31,34). The van der Waals surface area contributed by atoms with Crippen molar-refractivity contribution in [1.82, 2.24) is 15.2 Å². The number of imide groups is 1. The Labute approximate surface area is 227 Å². The van der Waals surface area contributed by atoms with Crippen LogP contribution in [-0.2, 0) is 27.7 Å². The molecule has 1 unspecified atom stereocenters. The summed E-state index contributed by atoms with van der Waals surface area (Å²) in [5.41, 5.74) is -4.19. The third-order valence-corrected chi connectivity index (χ3v) is 7.80. The summed E-state index contributed by atoms with van der Waals surface area (Å²) in [6, 6.07) is 10.1. The molecule has 40 heavy (non-hydrogen) atoms. The minimum Gasteiger partial charge on any atom is -0.497 e. The maximum Gasteiger partial charge on any atom is 0.501 e. The minimum absolute atomic E-state index is 0.0994. The van der Waals surface area contributed by atoms with Gasteiger partial charge in [0.1, 0.15) is 11.8 Å². The maximum absolute atomic E-state index is 13.2. The molecule has 1 aromatic heterocycles. The lowest BCUT2D eigenvalue weighted by Crippen LogP contribution is -2.34. The van der Waals surface area contributed by atoms with Crippen molar-refractivity contribution >= 4 is 33.4 Å². The molecule has 10 nitrogen and oxygen atoms in total. The Morgan fingerprint density at radius 3 is 2.30 bits per heavy atom. The molecule has 2 heterocycles. The first-order chi connectivity index (χ1) is 18.8. The first-order valence-corrected chi connectivity index (χ1v) is 13.2. The minimum atomic E-state index is -5.59. The predicted octanol–water partition coefficient (Wildman–Crippen LogP) is 3.67. The number of pyridine rings is 1. The summed E-state index contributed by atoms with van der Waals surface area (Å²) in [6.07, 6.45) is 2.77. The van der Waals surface area contributed by atoms with Gasteiger partial charge in [0.05, 0.1) is 23.3 Å². The normalized spacial score (nSPS) is 15.9. The third-order valence-electron chi connectivity index (χ3n) is 6.30. The number of benzene rings is 2. The number of nitrogens with one attached hydrogen (secondary N) is 1. The molecule has 1 atom stereocenters. The smallest absolute Gasteiger partial charge is 0.497 e. The number of methoxy groups -OCH3 is 1. The molecule has 0 radical (unpaired) electrons. The number of hydrogen-bond acceptors (Lipinski definition) is 7. The highest BCUT2D eigenvalue weighted by atomic mass is 32.2. The number of carbonyl (C=O) groups excluding carboxylic acids is 3. The summed E-state index contributed by atoms with van der Waals surface area (Å²) < 4.78 is 67.0. The molecule has 14 heteroatoms. The average molecular weight is 577 g/mol. The van der Waals surface area contributed by atoms with Crippen LogP contribution in [0.25, 0.3) is 0 Å². The number of halogens is 3. The summed E-state index contributed by atoms with van der Waals surface area (Å²) in [7, 11) is -4.05. The van der Waals surface area contributed by atoms with E-state index >= 15 is 0 Å². The first kappa shape index (κ1) is 28.5. The highest BCUT2D eigenvalue weighted by Crippen LogP contribution is 2.33. The number of ether oxygens (including phenoxy) is 1. The Morgan fingerprint density at radius 2 is 1.70 bits per heavy atom. The van der Waals surface area contributed by atoms with E-state index in [1.807, 2.05) is 0 Å². The van der Waals surface area contributed by atoms with Gasteiger partial charge < -0.3 is 15.0 Å². The van der Waals surface area contributed by atoms with Crippen molar-refractivity contribution < 1.29 is 40.7 Å². The molecule has 1 N–H and O–H groups in total. The topological polar surface area (TPSA) is 126 Å². The summed E-state index contributed by atoms with van der Waals surface area (Å²) in [4.78, 5) is 44.0. The van der Waals surface area contributed by atoms with E-state index in [4.69, 9.17) is 4.74 Å². The number of amides is 4. The van der Waals surface area contributed by atoms with Crippen molar-refractivity contribution in [3.8, 4) is 5.75 Å². The van der Waals surface area contributed by atoms with Crippen molar-refractivity contribution in [3.05, 3.63) is 83.7 Å². The lowest BCUT2D eigenvalue weighted by molar-refractivity contribution is -0.119. The number of urea groups is 1. The average Bonchev–Trinajstić information content (AvgIpc) is 3.14. The molecular weight excluding hydrogens is 553 g/mol. The van der Waals surface area contributed by atoms with Gasteiger partial charge in [0.25, 0.3) is 21.7 Å². The van der Waals surface area contributed by atoms with Crippen LogP contribution in [0.2, 0.25) is 0 Å². The van der Waals surface area contributed by atoms with Crippen molar-refractivity contribution in [1.29, 1.82) is 0 Å². The molecule has 2 aromatic carbocycles. The molecule has 0 spiro atoms. The van der Waals surface area contributed by atoms with Gasteiger partial charge in [-0.2, -0.15) is 13.2 Å². The van der Waals surface area contributed by atoms with Crippen molar-refractivity contribution in [2.24, 2.45) is 0 Å². The number of aromatic nitrogens is 1. The van der Waals surface area contributed by atoms with Crippen LogP contribution in [0.1, 0.15) is 28.4 Å². The molecule has 1 aliphatic rings. The molecule has 0 aliphatic carbocycles. The second kappa shape index (κ2) is 11.0. The Bertz CT molecular complexity index is 1540. The lowest BCUT2D eigenvalue weighted by Gasteiger charge is -2.21. The number of hydrogen-bond donors (Lipinski definition) is 1. The zero-order chi connectivity index (χ0) is 29.2. The van der Waals surface area contributed by atoms with E-state index in [1.54, 1.807) is 31.4 Å². The van der Waals surface area contributed by atoms with Crippen molar-refractivity contribution in [2.75, 3.05) is 12.0 Å². The highest BCUT2D eigenvalue weighted by molar-refractivity contribution is 7.92.